The molecule has 2 aliphatic rings. The molecule has 1 heterocycles. The molecule has 16 heavy (non-hydrogen) atoms. The van der Waals surface area contributed by atoms with Crippen LogP contribution in [-0.2, 0) is 9.47 Å². The van der Waals surface area contributed by atoms with Gasteiger partial charge in [-0.1, -0.05) is 13.5 Å². The van der Waals surface area contributed by atoms with Crippen LogP contribution >= 0.6 is 0 Å². The van der Waals surface area contributed by atoms with Crippen molar-refractivity contribution in [2.24, 2.45) is 5.92 Å². The molecule has 0 amide bonds. The zero-order chi connectivity index (χ0) is 11.8. The second-order valence-corrected chi connectivity index (χ2v) is 5.06. The van der Waals surface area contributed by atoms with Gasteiger partial charge in [-0.05, 0) is 25.3 Å². The summed E-state index contributed by atoms with van der Waals surface area (Å²) in [7, 11) is 0. The van der Waals surface area contributed by atoms with Crippen molar-refractivity contribution in [1.29, 1.82) is 0 Å². The second kappa shape index (κ2) is 4.11. The summed E-state index contributed by atoms with van der Waals surface area (Å²) in [6.07, 6.45) is 2.58. The molecule has 1 saturated carbocycles. The summed E-state index contributed by atoms with van der Waals surface area (Å²) >= 11 is 0. The van der Waals surface area contributed by atoms with Gasteiger partial charge in [0.25, 0.3) is 0 Å². The first kappa shape index (κ1) is 12.1. The first-order valence-corrected chi connectivity index (χ1v) is 6.15. The van der Waals surface area contributed by atoms with Gasteiger partial charge < -0.3 is 9.47 Å². The Balaban J connectivity index is 2.16. The number of allylic oxidation sites excluding steroid dienone is 1. The van der Waals surface area contributed by atoms with Crippen molar-refractivity contribution < 1.29 is 13.9 Å². The van der Waals surface area contributed by atoms with E-state index in [4.69, 9.17) is 9.47 Å². The molecular formula is C13H21FO2. The Morgan fingerprint density at radius 2 is 2.00 bits per heavy atom. The first-order chi connectivity index (χ1) is 7.52. The van der Waals surface area contributed by atoms with Crippen LogP contribution in [-0.4, -0.2) is 24.7 Å². The first-order valence-electron chi connectivity index (χ1n) is 6.15. The number of rotatable bonds is 2. The zero-order valence-corrected chi connectivity index (χ0v) is 10.2. The topological polar surface area (TPSA) is 18.5 Å². The van der Waals surface area contributed by atoms with Gasteiger partial charge in [-0.15, -0.1) is 0 Å². The van der Waals surface area contributed by atoms with Crippen LogP contribution in [0.15, 0.2) is 12.2 Å². The molecule has 2 atom stereocenters. The maximum Gasteiger partial charge on any atom is 0.169 e. The van der Waals surface area contributed by atoms with E-state index in [2.05, 4.69) is 6.58 Å². The summed E-state index contributed by atoms with van der Waals surface area (Å²) in [4.78, 5) is 0. The van der Waals surface area contributed by atoms with Crippen molar-refractivity contribution >= 4 is 0 Å². The molecule has 2 fully saturated rings. The van der Waals surface area contributed by atoms with E-state index in [1.54, 1.807) is 6.92 Å². The van der Waals surface area contributed by atoms with E-state index in [-0.39, 0.29) is 5.92 Å². The minimum Gasteiger partial charge on any atom is -0.348 e. The number of halogens is 1. The van der Waals surface area contributed by atoms with Crippen LogP contribution < -0.4 is 0 Å². The van der Waals surface area contributed by atoms with E-state index in [0.717, 1.165) is 6.42 Å². The van der Waals surface area contributed by atoms with Crippen LogP contribution in [0.4, 0.5) is 4.39 Å². The van der Waals surface area contributed by atoms with E-state index in [1.807, 2.05) is 6.92 Å². The van der Waals surface area contributed by atoms with Crippen molar-refractivity contribution in [3.63, 3.8) is 0 Å². The van der Waals surface area contributed by atoms with E-state index < -0.39 is 11.5 Å². The highest BCUT2D eigenvalue weighted by molar-refractivity contribution is 5.15. The van der Waals surface area contributed by atoms with Crippen molar-refractivity contribution in [3.05, 3.63) is 12.2 Å². The van der Waals surface area contributed by atoms with Gasteiger partial charge in [0, 0.05) is 18.8 Å². The van der Waals surface area contributed by atoms with Gasteiger partial charge in [-0.3, -0.25) is 0 Å². The molecule has 0 radical (unpaired) electrons. The molecule has 0 aromatic carbocycles. The number of alkyl halides is 1. The summed E-state index contributed by atoms with van der Waals surface area (Å²) in [6.45, 7) is 8.90. The molecule has 0 bridgehead atoms. The molecule has 92 valence electrons. The van der Waals surface area contributed by atoms with Gasteiger partial charge >= 0.3 is 0 Å². The zero-order valence-electron chi connectivity index (χ0n) is 10.2. The van der Waals surface area contributed by atoms with Crippen LogP contribution in [0.5, 0.6) is 0 Å². The van der Waals surface area contributed by atoms with Crippen molar-refractivity contribution in [2.75, 3.05) is 13.2 Å². The standard InChI is InChI=1S/C13H21FO2/c1-4-11-9-12(15-7-8-16-12)5-6-13(11,14)10(2)3/h11H,2,4-9H2,1,3H3. The Bertz CT molecular complexity index is 284. The Morgan fingerprint density at radius 1 is 1.38 bits per heavy atom. The molecule has 0 aromatic heterocycles. The van der Waals surface area contributed by atoms with Crippen molar-refractivity contribution in [2.45, 2.75) is 51.0 Å². The Morgan fingerprint density at radius 3 is 2.50 bits per heavy atom. The summed E-state index contributed by atoms with van der Waals surface area (Å²) in [5, 5.41) is 0. The highest BCUT2D eigenvalue weighted by atomic mass is 19.1. The molecule has 0 aromatic rings. The fraction of sp³-hybridized carbons (Fsp3) is 0.846. The lowest BCUT2D eigenvalue weighted by molar-refractivity contribution is -0.205. The van der Waals surface area contributed by atoms with Gasteiger partial charge in [-0.2, -0.15) is 0 Å². The van der Waals surface area contributed by atoms with Gasteiger partial charge in [0.15, 0.2) is 5.79 Å². The highest BCUT2D eigenvalue weighted by Gasteiger charge is 2.52. The average molecular weight is 228 g/mol. The molecule has 1 aliphatic heterocycles. The molecule has 3 heteroatoms. The third-order valence-corrected chi connectivity index (χ3v) is 4.09. The number of ether oxygens (including phenoxy) is 2. The molecular weight excluding hydrogens is 207 g/mol. The third kappa shape index (κ3) is 1.80. The molecule has 1 aliphatic carbocycles. The van der Waals surface area contributed by atoms with E-state index in [9.17, 15) is 4.39 Å². The summed E-state index contributed by atoms with van der Waals surface area (Å²) in [6, 6.07) is 0. The lowest BCUT2D eigenvalue weighted by Crippen LogP contribution is -2.48. The van der Waals surface area contributed by atoms with Crippen molar-refractivity contribution in [3.8, 4) is 0 Å². The molecule has 0 N–H and O–H groups in total. The van der Waals surface area contributed by atoms with Gasteiger partial charge in [0.05, 0.1) is 13.2 Å². The predicted octanol–water partition coefficient (Wildman–Crippen LogP) is 3.22. The number of hydrogen-bond acceptors (Lipinski definition) is 2. The monoisotopic (exact) mass is 228 g/mol. The normalized spacial score (nSPS) is 37.8. The average Bonchev–Trinajstić information content (AvgIpc) is 2.71. The SMILES string of the molecule is C=C(C)C1(F)CCC2(CC1CC)OCCO2. The van der Waals surface area contributed by atoms with E-state index in [1.165, 1.54) is 0 Å². The van der Waals surface area contributed by atoms with E-state index >= 15 is 0 Å². The van der Waals surface area contributed by atoms with Crippen LogP contribution in [0.2, 0.25) is 0 Å². The van der Waals surface area contributed by atoms with Crippen LogP contribution in [0, 0.1) is 5.92 Å². The smallest absolute Gasteiger partial charge is 0.169 e. The molecule has 2 unspecified atom stereocenters. The third-order valence-electron chi connectivity index (χ3n) is 4.09. The van der Waals surface area contributed by atoms with Crippen molar-refractivity contribution in [1.82, 2.24) is 0 Å². The lowest BCUT2D eigenvalue weighted by Gasteiger charge is -2.45. The minimum atomic E-state index is -1.23. The van der Waals surface area contributed by atoms with Crippen LogP contribution in [0.25, 0.3) is 0 Å². The minimum absolute atomic E-state index is 0.0307. The lowest BCUT2D eigenvalue weighted by atomic mass is 9.70. The fourth-order valence-corrected chi connectivity index (χ4v) is 3.00. The predicted molar refractivity (Wildman–Crippen MR) is 60.9 cm³/mol. The summed E-state index contributed by atoms with van der Waals surface area (Å²) in [5.41, 5.74) is -0.581. The summed E-state index contributed by atoms with van der Waals surface area (Å²) < 4.78 is 26.1. The second-order valence-electron chi connectivity index (χ2n) is 5.06. The molecule has 1 saturated heterocycles. The van der Waals surface area contributed by atoms with Crippen LogP contribution in [0.1, 0.15) is 39.5 Å². The summed E-state index contributed by atoms with van der Waals surface area (Å²) in [5.74, 6) is -0.525. The van der Waals surface area contributed by atoms with Gasteiger partial charge in [0.2, 0.25) is 0 Å². The molecule has 2 rings (SSSR count). The Hall–Kier alpha value is -0.410. The van der Waals surface area contributed by atoms with Gasteiger partial charge in [0.1, 0.15) is 5.67 Å². The van der Waals surface area contributed by atoms with Gasteiger partial charge in [-0.25, -0.2) is 4.39 Å². The Labute approximate surface area is 96.8 Å². The Kier molecular flexibility index (Phi) is 3.10. The quantitative estimate of drug-likeness (QED) is 0.676. The van der Waals surface area contributed by atoms with E-state index in [0.29, 0.717) is 38.0 Å². The maximum absolute atomic E-state index is 14.8. The fourth-order valence-electron chi connectivity index (χ4n) is 3.00. The highest BCUT2D eigenvalue weighted by Crippen LogP contribution is 2.49. The number of hydrogen-bond donors (Lipinski definition) is 0. The largest absolute Gasteiger partial charge is 0.348 e. The molecule has 2 nitrogen and oxygen atoms in total. The van der Waals surface area contributed by atoms with Crippen LogP contribution in [0.3, 0.4) is 0 Å². The maximum atomic E-state index is 14.8. The molecule has 1 spiro atoms.